The summed E-state index contributed by atoms with van der Waals surface area (Å²) in [6.45, 7) is 1.25. The molecule has 4 N–H and O–H groups in total. The van der Waals surface area contributed by atoms with E-state index in [4.69, 9.17) is 16.0 Å². The zero-order chi connectivity index (χ0) is 8.91. The second-order valence-corrected chi connectivity index (χ2v) is 4.85. The van der Waals surface area contributed by atoms with Crippen LogP contribution >= 0.6 is 19.4 Å². The summed E-state index contributed by atoms with van der Waals surface area (Å²) in [5.41, 5.74) is 5.00. The summed E-state index contributed by atoms with van der Waals surface area (Å²) in [4.78, 5) is 8.62. The predicted molar refractivity (Wildman–Crippen MR) is 46.1 cm³/mol. The Balaban J connectivity index is 3.29. The van der Waals surface area contributed by atoms with Crippen molar-refractivity contribution in [3.63, 3.8) is 0 Å². The van der Waals surface area contributed by atoms with Gasteiger partial charge in [-0.15, -0.1) is 0 Å². The summed E-state index contributed by atoms with van der Waals surface area (Å²) in [6, 6.07) is 0. The summed E-state index contributed by atoms with van der Waals surface area (Å²) in [7, 11) is -3.35. The Hall–Kier alpha value is -0.0300. The molecule has 0 bridgehead atoms. The fourth-order valence-corrected chi connectivity index (χ4v) is 1.30. The van der Waals surface area contributed by atoms with Gasteiger partial charge in [0, 0.05) is 12.4 Å². The molecule has 0 radical (unpaired) electrons. The Labute approximate surface area is 69.4 Å². The molecule has 66 valence electrons. The van der Waals surface area contributed by atoms with Crippen molar-refractivity contribution < 1.29 is 14.0 Å². The molecular formula is C4H11N2O3PS. The number of rotatable bonds is 4. The zero-order valence-corrected chi connectivity index (χ0v) is 7.82. The number of nitrogens with two attached hydrogens (primary N) is 1. The van der Waals surface area contributed by atoms with Gasteiger partial charge in [-0.05, 0) is 0 Å². The first-order valence-corrected chi connectivity index (χ1v) is 5.84. The van der Waals surface area contributed by atoms with Crippen LogP contribution in [-0.4, -0.2) is 29.1 Å². The minimum Gasteiger partial charge on any atom is -0.379 e. The van der Waals surface area contributed by atoms with E-state index in [9.17, 15) is 4.57 Å². The lowest BCUT2D eigenvalue weighted by Gasteiger charge is -2.04. The number of amidine groups is 1. The summed E-state index contributed by atoms with van der Waals surface area (Å²) >= 11 is 1.08. The molecule has 0 aliphatic rings. The average molecular weight is 198 g/mol. The zero-order valence-electron chi connectivity index (χ0n) is 6.11. The summed E-state index contributed by atoms with van der Waals surface area (Å²) < 4.78 is 15.0. The van der Waals surface area contributed by atoms with Gasteiger partial charge in [0.1, 0.15) is 0 Å². The lowest BCUT2D eigenvalue weighted by molar-refractivity contribution is 0.282. The first kappa shape index (κ1) is 11.0. The minimum atomic E-state index is -3.35. The van der Waals surface area contributed by atoms with Crippen LogP contribution in [0.4, 0.5) is 0 Å². The molecule has 0 aromatic rings. The van der Waals surface area contributed by atoms with Crippen LogP contribution in [0.2, 0.25) is 0 Å². The highest BCUT2D eigenvalue weighted by Crippen LogP contribution is 2.36. The van der Waals surface area contributed by atoms with Crippen LogP contribution in [0.15, 0.2) is 0 Å². The molecule has 0 amide bonds. The van der Waals surface area contributed by atoms with Crippen molar-refractivity contribution in [3.05, 3.63) is 0 Å². The van der Waals surface area contributed by atoms with Crippen LogP contribution in [0.25, 0.3) is 0 Å². The maximum atomic E-state index is 10.5. The summed E-state index contributed by atoms with van der Waals surface area (Å²) in [5.74, 6) is 0.424. The molecular weight excluding hydrogens is 187 g/mol. The van der Waals surface area contributed by atoms with E-state index in [0.29, 0.717) is 5.75 Å². The van der Waals surface area contributed by atoms with Crippen LogP contribution in [0.5, 0.6) is 0 Å². The van der Waals surface area contributed by atoms with Gasteiger partial charge in [0.15, 0.2) is 5.17 Å². The lowest BCUT2D eigenvalue weighted by atomic mass is 10.9. The largest absolute Gasteiger partial charge is 0.379 e. The van der Waals surface area contributed by atoms with Gasteiger partial charge in [-0.3, -0.25) is 9.97 Å². The van der Waals surface area contributed by atoms with Gasteiger partial charge < -0.3 is 15.2 Å². The second kappa shape index (κ2) is 4.77. The third kappa shape index (κ3) is 9.97. The standard InChI is InChI=1S/C4H11N2O3PS/c1-10(7,8)9-2-3-11-4(5)6/h2-3H2,1H3,(H3,5,6)(H,7,8). The topological polar surface area (TPSA) is 96.4 Å². The summed E-state index contributed by atoms with van der Waals surface area (Å²) in [6.07, 6.45) is 0. The molecule has 5 nitrogen and oxygen atoms in total. The summed E-state index contributed by atoms with van der Waals surface area (Å²) in [5, 5.41) is 6.77. The quantitative estimate of drug-likeness (QED) is 0.263. The van der Waals surface area contributed by atoms with Crippen LogP contribution in [-0.2, 0) is 9.09 Å². The van der Waals surface area contributed by atoms with Crippen molar-refractivity contribution in [1.82, 2.24) is 0 Å². The normalized spacial score (nSPS) is 15.8. The molecule has 0 aromatic carbocycles. The van der Waals surface area contributed by atoms with Crippen LogP contribution in [0, 0.1) is 5.41 Å². The van der Waals surface area contributed by atoms with Crippen molar-refractivity contribution >= 4 is 24.5 Å². The molecule has 0 rings (SSSR count). The van der Waals surface area contributed by atoms with Gasteiger partial charge in [-0.25, -0.2) is 0 Å². The third-order valence-corrected chi connectivity index (χ3v) is 2.02. The Morgan fingerprint density at radius 3 is 2.82 bits per heavy atom. The fourth-order valence-electron chi connectivity index (χ4n) is 0.358. The SMILES string of the molecule is CP(=O)(O)OCCSC(=N)N. The molecule has 1 unspecified atom stereocenters. The predicted octanol–water partition coefficient (Wildman–Crippen LogP) is 0.445. The Morgan fingerprint density at radius 1 is 1.91 bits per heavy atom. The maximum Gasteiger partial charge on any atom is 0.325 e. The number of thioether (sulfide) groups is 1. The molecule has 0 heterocycles. The van der Waals surface area contributed by atoms with Gasteiger partial charge in [0.05, 0.1) is 6.61 Å². The van der Waals surface area contributed by atoms with E-state index < -0.39 is 7.60 Å². The van der Waals surface area contributed by atoms with E-state index in [2.05, 4.69) is 4.52 Å². The van der Waals surface area contributed by atoms with Crippen molar-refractivity contribution in [3.8, 4) is 0 Å². The smallest absolute Gasteiger partial charge is 0.325 e. The van der Waals surface area contributed by atoms with Gasteiger partial charge in [-0.2, -0.15) is 0 Å². The van der Waals surface area contributed by atoms with E-state index in [1.807, 2.05) is 0 Å². The lowest BCUT2D eigenvalue weighted by Crippen LogP contribution is -2.06. The Morgan fingerprint density at radius 2 is 2.45 bits per heavy atom. The van der Waals surface area contributed by atoms with Gasteiger partial charge in [0.2, 0.25) is 0 Å². The van der Waals surface area contributed by atoms with Gasteiger partial charge in [0.25, 0.3) is 0 Å². The molecule has 0 spiro atoms. The molecule has 0 aliphatic heterocycles. The molecule has 0 fully saturated rings. The van der Waals surface area contributed by atoms with Crippen LogP contribution in [0.1, 0.15) is 0 Å². The first-order chi connectivity index (χ1) is 4.92. The fraction of sp³-hybridized carbons (Fsp3) is 0.750. The van der Waals surface area contributed by atoms with Crippen molar-refractivity contribution in [2.24, 2.45) is 5.73 Å². The number of hydrogen-bond donors (Lipinski definition) is 3. The number of hydrogen-bond acceptors (Lipinski definition) is 4. The third-order valence-electron chi connectivity index (χ3n) is 0.672. The molecule has 0 saturated carbocycles. The van der Waals surface area contributed by atoms with E-state index >= 15 is 0 Å². The molecule has 11 heavy (non-hydrogen) atoms. The first-order valence-electron chi connectivity index (χ1n) is 2.83. The second-order valence-electron chi connectivity index (χ2n) is 1.85. The number of nitrogens with one attached hydrogen (secondary N) is 1. The molecule has 0 saturated heterocycles. The van der Waals surface area contributed by atoms with E-state index in [1.165, 1.54) is 0 Å². The highest BCUT2D eigenvalue weighted by Gasteiger charge is 2.08. The maximum absolute atomic E-state index is 10.5. The Bertz CT molecular complexity index is 180. The van der Waals surface area contributed by atoms with E-state index in [0.717, 1.165) is 18.4 Å². The minimum absolute atomic E-state index is 0.0162. The van der Waals surface area contributed by atoms with Crippen molar-refractivity contribution in [2.45, 2.75) is 0 Å². The van der Waals surface area contributed by atoms with Crippen LogP contribution in [0.3, 0.4) is 0 Å². The monoisotopic (exact) mass is 198 g/mol. The van der Waals surface area contributed by atoms with Gasteiger partial charge >= 0.3 is 7.60 Å². The van der Waals surface area contributed by atoms with E-state index in [-0.39, 0.29) is 11.8 Å². The van der Waals surface area contributed by atoms with Gasteiger partial charge in [-0.1, -0.05) is 11.8 Å². The van der Waals surface area contributed by atoms with Crippen molar-refractivity contribution in [2.75, 3.05) is 19.0 Å². The molecule has 1 atom stereocenters. The average Bonchev–Trinajstić information content (AvgIpc) is 1.78. The molecule has 7 heteroatoms. The Kier molecular flexibility index (Phi) is 4.76. The molecule has 0 aliphatic carbocycles. The van der Waals surface area contributed by atoms with E-state index in [1.54, 1.807) is 0 Å². The highest BCUT2D eigenvalue weighted by molar-refractivity contribution is 8.13. The highest BCUT2D eigenvalue weighted by atomic mass is 32.2. The van der Waals surface area contributed by atoms with Crippen LogP contribution < -0.4 is 5.73 Å². The molecule has 0 aromatic heterocycles. The van der Waals surface area contributed by atoms with Crippen molar-refractivity contribution in [1.29, 1.82) is 5.41 Å².